The Balaban J connectivity index is 2.15. The summed E-state index contributed by atoms with van der Waals surface area (Å²) in [6.45, 7) is 0.363. The second-order valence-electron chi connectivity index (χ2n) is 3.34. The summed E-state index contributed by atoms with van der Waals surface area (Å²) >= 11 is 3.10. The SMILES string of the molecule is Fc1cc(F)c(NCc2cncnc2)c(Br)c1. The van der Waals surface area contributed by atoms with Crippen molar-refractivity contribution in [3.63, 3.8) is 0 Å². The van der Waals surface area contributed by atoms with Gasteiger partial charge in [0.2, 0.25) is 0 Å². The summed E-state index contributed by atoms with van der Waals surface area (Å²) in [7, 11) is 0. The van der Waals surface area contributed by atoms with Crippen molar-refractivity contribution in [1.82, 2.24) is 9.97 Å². The molecule has 0 saturated carbocycles. The average molecular weight is 300 g/mol. The summed E-state index contributed by atoms with van der Waals surface area (Å²) in [6, 6.07) is 2.03. The first-order valence-corrected chi connectivity index (χ1v) is 5.58. The van der Waals surface area contributed by atoms with Crippen LogP contribution < -0.4 is 5.32 Å². The Bertz CT molecular complexity index is 496. The second-order valence-corrected chi connectivity index (χ2v) is 4.20. The van der Waals surface area contributed by atoms with Crippen molar-refractivity contribution in [3.8, 4) is 0 Å². The molecule has 2 aromatic rings. The van der Waals surface area contributed by atoms with Crippen LogP contribution in [0.15, 0.2) is 35.3 Å². The molecule has 1 aromatic carbocycles. The van der Waals surface area contributed by atoms with E-state index in [0.29, 0.717) is 11.0 Å². The molecule has 0 amide bonds. The number of benzene rings is 1. The van der Waals surface area contributed by atoms with Crippen molar-refractivity contribution >= 4 is 21.6 Å². The van der Waals surface area contributed by atoms with E-state index in [0.717, 1.165) is 11.6 Å². The van der Waals surface area contributed by atoms with Crippen LogP contribution in [0.25, 0.3) is 0 Å². The predicted octanol–water partition coefficient (Wildman–Crippen LogP) is 3.13. The zero-order valence-corrected chi connectivity index (χ0v) is 10.2. The van der Waals surface area contributed by atoms with Crippen LogP contribution in [0, 0.1) is 11.6 Å². The van der Waals surface area contributed by atoms with Gasteiger partial charge < -0.3 is 5.32 Å². The molecule has 88 valence electrons. The molecule has 0 aliphatic heterocycles. The number of nitrogens with one attached hydrogen (secondary N) is 1. The third-order valence-electron chi connectivity index (χ3n) is 2.09. The fourth-order valence-corrected chi connectivity index (χ4v) is 1.87. The molecule has 0 aliphatic rings. The van der Waals surface area contributed by atoms with E-state index in [2.05, 4.69) is 31.2 Å². The lowest BCUT2D eigenvalue weighted by Crippen LogP contribution is -2.03. The minimum atomic E-state index is -0.645. The van der Waals surface area contributed by atoms with Crippen LogP contribution in [0.1, 0.15) is 5.56 Å². The van der Waals surface area contributed by atoms with Gasteiger partial charge in [-0.25, -0.2) is 18.7 Å². The summed E-state index contributed by atoms with van der Waals surface area (Å²) in [4.78, 5) is 7.68. The molecule has 2 rings (SSSR count). The predicted molar refractivity (Wildman–Crippen MR) is 63.4 cm³/mol. The van der Waals surface area contributed by atoms with Crippen molar-refractivity contribution in [3.05, 3.63) is 52.5 Å². The highest BCUT2D eigenvalue weighted by Crippen LogP contribution is 2.27. The van der Waals surface area contributed by atoms with E-state index < -0.39 is 11.6 Å². The number of aromatic nitrogens is 2. The van der Waals surface area contributed by atoms with Crippen molar-refractivity contribution in [2.75, 3.05) is 5.32 Å². The summed E-state index contributed by atoms with van der Waals surface area (Å²) in [5.74, 6) is -1.27. The quantitative estimate of drug-likeness (QED) is 0.946. The lowest BCUT2D eigenvalue weighted by atomic mass is 10.2. The van der Waals surface area contributed by atoms with Gasteiger partial charge in [0.25, 0.3) is 0 Å². The Morgan fingerprint density at radius 3 is 2.53 bits per heavy atom. The average Bonchev–Trinajstić information content (AvgIpc) is 2.29. The highest BCUT2D eigenvalue weighted by molar-refractivity contribution is 9.10. The van der Waals surface area contributed by atoms with Crippen molar-refractivity contribution < 1.29 is 8.78 Å². The van der Waals surface area contributed by atoms with E-state index in [1.807, 2.05) is 0 Å². The molecule has 17 heavy (non-hydrogen) atoms. The summed E-state index contributed by atoms with van der Waals surface area (Å²) in [5, 5.41) is 2.86. The number of rotatable bonds is 3. The molecule has 0 radical (unpaired) electrons. The molecule has 1 heterocycles. The minimum absolute atomic E-state index is 0.218. The van der Waals surface area contributed by atoms with Gasteiger partial charge in [-0.3, -0.25) is 0 Å². The van der Waals surface area contributed by atoms with Gasteiger partial charge in [-0.05, 0) is 22.0 Å². The molecular weight excluding hydrogens is 292 g/mol. The monoisotopic (exact) mass is 299 g/mol. The summed E-state index contributed by atoms with van der Waals surface area (Å²) in [6.07, 6.45) is 4.66. The third kappa shape index (κ3) is 2.97. The van der Waals surface area contributed by atoms with E-state index in [1.165, 1.54) is 12.4 Å². The highest BCUT2D eigenvalue weighted by atomic mass is 79.9. The van der Waals surface area contributed by atoms with Crippen LogP contribution in [-0.4, -0.2) is 9.97 Å². The Morgan fingerprint density at radius 2 is 1.88 bits per heavy atom. The Morgan fingerprint density at radius 1 is 1.18 bits per heavy atom. The fraction of sp³-hybridized carbons (Fsp3) is 0.0909. The van der Waals surface area contributed by atoms with Gasteiger partial charge >= 0.3 is 0 Å². The number of halogens is 3. The minimum Gasteiger partial charge on any atom is -0.378 e. The smallest absolute Gasteiger partial charge is 0.150 e. The van der Waals surface area contributed by atoms with E-state index in [4.69, 9.17) is 0 Å². The molecule has 0 spiro atoms. The van der Waals surface area contributed by atoms with Crippen LogP contribution in [0.2, 0.25) is 0 Å². The van der Waals surface area contributed by atoms with Crippen molar-refractivity contribution in [2.24, 2.45) is 0 Å². The van der Waals surface area contributed by atoms with E-state index in [-0.39, 0.29) is 5.69 Å². The zero-order valence-electron chi connectivity index (χ0n) is 8.62. The molecule has 0 unspecified atom stereocenters. The van der Waals surface area contributed by atoms with Crippen LogP contribution >= 0.6 is 15.9 Å². The van der Waals surface area contributed by atoms with Gasteiger partial charge in [0.1, 0.15) is 18.0 Å². The molecule has 0 saturated heterocycles. The van der Waals surface area contributed by atoms with Crippen molar-refractivity contribution in [2.45, 2.75) is 6.54 Å². The maximum absolute atomic E-state index is 13.5. The Labute approximate surface area is 105 Å². The molecule has 0 fully saturated rings. The second kappa shape index (κ2) is 5.18. The van der Waals surface area contributed by atoms with Crippen LogP contribution in [0.4, 0.5) is 14.5 Å². The van der Waals surface area contributed by atoms with Gasteiger partial charge in [0.05, 0.1) is 5.69 Å². The van der Waals surface area contributed by atoms with E-state index in [1.54, 1.807) is 12.4 Å². The first-order valence-electron chi connectivity index (χ1n) is 4.79. The van der Waals surface area contributed by atoms with Gasteiger partial charge in [-0.1, -0.05) is 0 Å². The van der Waals surface area contributed by atoms with Gasteiger partial charge in [-0.2, -0.15) is 0 Å². The molecule has 0 atom stereocenters. The summed E-state index contributed by atoms with van der Waals surface area (Å²) in [5.41, 5.74) is 1.03. The molecule has 0 aliphatic carbocycles. The first kappa shape index (κ1) is 11.9. The maximum atomic E-state index is 13.5. The number of nitrogens with zero attached hydrogens (tertiary/aromatic N) is 2. The molecule has 1 N–H and O–H groups in total. The number of hydrogen-bond acceptors (Lipinski definition) is 3. The fourth-order valence-electron chi connectivity index (χ4n) is 1.32. The summed E-state index contributed by atoms with van der Waals surface area (Å²) < 4.78 is 26.6. The van der Waals surface area contributed by atoms with E-state index in [9.17, 15) is 8.78 Å². The molecule has 3 nitrogen and oxygen atoms in total. The standard InChI is InChI=1S/C11H8BrF2N3/c12-9-1-8(13)2-10(14)11(9)17-5-7-3-15-6-16-4-7/h1-4,6,17H,5H2. The van der Waals surface area contributed by atoms with E-state index >= 15 is 0 Å². The van der Waals surface area contributed by atoms with Gasteiger partial charge in [-0.15, -0.1) is 0 Å². The van der Waals surface area contributed by atoms with Crippen LogP contribution in [0.5, 0.6) is 0 Å². The van der Waals surface area contributed by atoms with Gasteiger partial charge in [0, 0.05) is 35.0 Å². The van der Waals surface area contributed by atoms with Crippen LogP contribution in [0.3, 0.4) is 0 Å². The topological polar surface area (TPSA) is 37.8 Å². The third-order valence-corrected chi connectivity index (χ3v) is 2.72. The number of anilines is 1. The molecule has 0 bridgehead atoms. The lowest BCUT2D eigenvalue weighted by molar-refractivity contribution is 0.583. The lowest BCUT2D eigenvalue weighted by Gasteiger charge is -2.09. The van der Waals surface area contributed by atoms with Crippen LogP contribution in [-0.2, 0) is 6.54 Å². The van der Waals surface area contributed by atoms with Gasteiger partial charge in [0.15, 0.2) is 0 Å². The van der Waals surface area contributed by atoms with Crippen molar-refractivity contribution in [1.29, 1.82) is 0 Å². The normalized spacial score (nSPS) is 10.3. The maximum Gasteiger partial charge on any atom is 0.150 e. The Hall–Kier alpha value is -1.56. The molecular formula is C11H8BrF2N3. The Kier molecular flexibility index (Phi) is 3.63. The largest absolute Gasteiger partial charge is 0.378 e. The number of hydrogen-bond donors (Lipinski definition) is 1. The molecule has 1 aromatic heterocycles. The highest BCUT2D eigenvalue weighted by Gasteiger charge is 2.09. The zero-order chi connectivity index (χ0) is 12.3. The first-order chi connectivity index (χ1) is 8.16. The molecule has 6 heteroatoms.